The summed E-state index contributed by atoms with van der Waals surface area (Å²) in [6.07, 6.45) is 2.69. The van der Waals surface area contributed by atoms with Crippen molar-refractivity contribution >= 4 is 34.6 Å². The van der Waals surface area contributed by atoms with Crippen LogP contribution in [0.25, 0.3) is 10.7 Å². The molecule has 0 saturated heterocycles. The van der Waals surface area contributed by atoms with Crippen LogP contribution in [0.4, 0.5) is 0 Å². The molecule has 2 heterocycles. The summed E-state index contributed by atoms with van der Waals surface area (Å²) < 4.78 is 0. The normalized spacial score (nSPS) is 10.6. The molecule has 1 aromatic carbocycles. The number of rotatable bonds is 8. The van der Waals surface area contributed by atoms with Crippen LogP contribution in [-0.4, -0.2) is 28.2 Å². The number of thiazole rings is 1. The zero-order valence-corrected chi connectivity index (χ0v) is 16.1. The van der Waals surface area contributed by atoms with Crippen molar-refractivity contribution in [1.82, 2.24) is 15.3 Å². The number of aromatic nitrogens is 2. The second kappa shape index (κ2) is 9.39. The van der Waals surface area contributed by atoms with Crippen LogP contribution in [-0.2, 0) is 11.2 Å². The first-order valence-corrected chi connectivity index (χ1v) is 9.79. The highest BCUT2D eigenvalue weighted by Crippen LogP contribution is 2.21. The van der Waals surface area contributed by atoms with Crippen molar-refractivity contribution in [2.45, 2.75) is 19.3 Å². The number of benzene rings is 1. The van der Waals surface area contributed by atoms with Gasteiger partial charge in [-0.05, 0) is 24.3 Å². The lowest BCUT2D eigenvalue weighted by atomic mass is 10.1. The molecule has 0 aliphatic rings. The van der Waals surface area contributed by atoms with Gasteiger partial charge in [0, 0.05) is 48.0 Å². The Bertz CT molecular complexity index is 928. The van der Waals surface area contributed by atoms with Crippen molar-refractivity contribution in [3.8, 4) is 10.7 Å². The Morgan fingerprint density at radius 1 is 1.11 bits per heavy atom. The van der Waals surface area contributed by atoms with Gasteiger partial charge < -0.3 is 5.32 Å². The van der Waals surface area contributed by atoms with Gasteiger partial charge in [0.05, 0.1) is 11.4 Å². The molecule has 0 saturated carbocycles. The molecule has 0 unspecified atom stereocenters. The number of nitrogens with one attached hydrogen (secondary N) is 1. The fraction of sp³-hybridized carbons (Fsp3) is 0.200. The number of ketones is 1. The van der Waals surface area contributed by atoms with Gasteiger partial charge in [-0.25, -0.2) is 4.98 Å². The van der Waals surface area contributed by atoms with E-state index in [1.807, 2.05) is 23.6 Å². The molecule has 1 N–H and O–H groups in total. The van der Waals surface area contributed by atoms with E-state index in [2.05, 4.69) is 15.3 Å². The second-order valence-corrected chi connectivity index (χ2v) is 7.19. The molecule has 0 spiro atoms. The van der Waals surface area contributed by atoms with Gasteiger partial charge in [0.25, 0.3) is 0 Å². The first-order chi connectivity index (χ1) is 13.1. The number of hydrogen-bond acceptors (Lipinski definition) is 5. The largest absolute Gasteiger partial charge is 0.356 e. The van der Waals surface area contributed by atoms with Crippen molar-refractivity contribution in [2.75, 3.05) is 6.54 Å². The SMILES string of the molecule is O=C(CCC(=O)c1cccc(Cl)c1)NCCc1csc(-c2ccccn2)n1. The lowest BCUT2D eigenvalue weighted by Crippen LogP contribution is -2.26. The van der Waals surface area contributed by atoms with E-state index < -0.39 is 0 Å². The molecule has 3 aromatic rings. The zero-order chi connectivity index (χ0) is 19.1. The number of amides is 1. The summed E-state index contributed by atoms with van der Waals surface area (Å²) in [6, 6.07) is 12.5. The van der Waals surface area contributed by atoms with Crippen LogP contribution in [0.2, 0.25) is 5.02 Å². The van der Waals surface area contributed by atoms with Gasteiger partial charge in [-0.15, -0.1) is 11.3 Å². The molecule has 0 fully saturated rings. The minimum atomic E-state index is -0.148. The molecule has 0 radical (unpaired) electrons. The maximum Gasteiger partial charge on any atom is 0.220 e. The van der Waals surface area contributed by atoms with Gasteiger partial charge in [0.2, 0.25) is 5.91 Å². The Balaban J connectivity index is 1.41. The molecule has 3 rings (SSSR count). The summed E-state index contributed by atoms with van der Waals surface area (Å²) >= 11 is 7.41. The number of carbonyl (C=O) groups excluding carboxylic acids is 2. The van der Waals surface area contributed by atoms with Crippen LogP contribution in [0.15, 0.2) is 54.0 Å². The summed E-state index contributed by atoms with van der Waals surface area (Å²) in [5.41, 5.74) is 2.29. The highest BCUT2D eigenvalue weighted by atomic mass is 35.5. The molecule has 0 aliphatic carbocycles. The predicted octanol–water partition coefficient (Wildman–Crippen LogP) is 4.18. The Morgan fingerprint density at radius 3 is 2.78 bits per heavy atom. The first kappa shape index (κ1) is 19.2. The molecule has 27 heavy (non-hydrogen) atoms. The summed E-state index contributed by atoms with van der Waals surface area (Å²) in [4.78, 5) is 32.8. The van der Waals surface area contributed by atoms with E-state index in [1.165, 1.54) is 11.3 Å². The second-order valence-electron chi connectivity index (χ2n) is 5.89. The number of hydrogen-bond donors (Lipinski definition) is 1. The van der Waals surface area contributed by atoms with Gasteiger partial charge in [0.1, 0.15) is 5.01 Å². The predicted molar refractivity (Wildman–Crippen MR) is 107 cm³/mol. The highest BCUT2D eigenvalue weighted by molar-refractivity contribution is 7.13. The third-order valence-electron chi connectivity index (χ3n) is 3.86. The third kappa shape index (κ3) is 5.70. The van der Waals surface area contributed by atoms with E-state index in [4.69, 9.17) is 11.6 Å². The van der Waals surface area contributed by atoms with Gasteiger partial charge in [0.15, 0.2) is 5.78 Å². The van der Waals surface area contributed by atoms with Crippen molar-refractivity contribution in [3.05, 3.63) is 70.3 Å². The molecule has 5 nitrogen and oxygen atoms in total. The van der Waals surface area contributed by atoms with Gasteiger partial charge in [-0.1, -0.05) is 29.8 Å². The fourth-order valence-corrected chi connectivity index (χ4v) is 3.50. The topological polar surface area (TPSA) is 72.0 Å². The van der Waals surface area contributed by atoms with Crippen molar-refractivity contribution < 1.29 is 9.59 Å². The lowest BCUT2D eigenvalue weighted by molar-refractivity contribution is -0.121. The van der Waals surface area contributed by atoms with Gasteiger partial charge in [-0.2, -0.15) is 0 Å². The molecule has 0 aliphatic heterocycles. The summed E-state index contributed by atoms with van der Waals surface area (Å²) in [5, 5.41) is 6.18. The molecule has 0 atom stereocenters. The van der Waals surface area contributed by atoms with E-state index in [1.54, 1.807) is 30.5 Å². The minimum Gasteiger partial charge on any atom is -0.356 e. The Kier molecular flexibility index (Phi) is 6.68. The monoisotopic (exact) mass is 399 g/mol. The Labute approximate surface area is 166 Å². The standard InChI is InChI=1S/C20H18ClN3O2S/c21-15-5-3-4-14(12-15)18(25)7-8-19(26)23-11-9-16-13-27-20(24-16)17-6-1-2-10-22-17/h1-6,10,12-13H,7-9,11H2,(H,23,26). The highest BCUT2D eigenvalue weighted by Gasteiger charge is 2.10. The van der Waals surface area contributed by atoms with E-state index in [0.717, 1.165) is 16.4 Å². The van der Waals surface area contributed by atoms with E-state index in [-0.39, 0.29) is 24.5 Å². The molecular formula is C20H18ClN3O2S. The molecule has 0 bridgehead atoms. The van der Waals surface area contributed by atoms with Crippen molar-refractivity contribution in [1.29, 1.82) is 0 Å². The van der Waals surface area contributed by atoms with Crippen LogP contribution in [0.5, 0.6) is 0 Å². The number of halogens is 1. The lowest BCUT2D eigenvalue weighted by Gasteiger charge is -2.04. The van der Waals surface area contributed by atoms with Crippen molar-refractivity contribution in [2.24, 2.45) is 0 Å². The van der Waals surface area contributed by atoms with E-state index >= 15 is 0 Å². The summed E-state index contributed by atoms with van der Waals surface area (Å²) in [6.45, 7) is 0.482. The average molecular weight is 400 g/mol. The number of Topliss-reactive ketones (excluding diaryl/α,β-unsaturated/α-hetero) is 1. The molecule has 7 heteroatoms. The fourth-order valence-electron chi connectivity index (χ4n) is 2.48. The summed E-state index contributed by atoms with van der Waals surface area (Å²) in [5.74, 6) is -0.238. The molecule has 138 valence electrons. The number of carbonyl (C=O) groups is 2. The molecular weight excluding hydrogens is 382 g/mol. The number of pyridine rings is 1. The maximum atomic E-state index is 12.1. The minimum absolute atomic E-state index is 0.0906. The Hall–Kier alpha value is -2.57. The average Bonchev–Trinajstić information content (AvgIpc) is 3.16. The number of nitrogens with zero attached hydrogens (tertiary/aromatic N) is 2. The van der Waals surface area contributed by atoms with E-state index in [0.29, 0.717) is 23.6 Å². The maximum absolute atomic E-state index is 12.1. The van der Waals surface area contributed by atoms with Gasteiger partial charge >= 0.3 is 0 Å². The Morgan fingerprint density at radius 2 is 2.00 bits per heavy atom. The van der Waals surface area contributed by atoms with Crippen LogP contribution < -0.4 is 5.32 Å². The van der Waals surface area contributed by atoms with Crippen LogP contribution in [0, 0.1) is 0 Å². The van der Waals surface area contributed by atoms with Crippen LogP contribution >= 0.6 is 22.9 Å². The van der Waals surface area contributed by atoms with Crippen LogP contribution in [0.1, 0.15) is 28.9 Å². The first-order valence-electron chi connectivity index (χ1n) is 8.53. The van der Waals surface area contributed by atoms with Gasteiger partial charge in [-0.3, -0.25) is 14.6 Å². The quantitative estimate of drug-likeness (QED) is 0.577. The molecule has 1 amide bonds. The third-order valence-corrected chi connectivity index (χ3v) is 5.01. The zero-order valence-electron chi connectivity index (χ0n) is 14.5. The molecule has 2 aromatic heterocycles. The van der Waals surface area contributed by atoms with E-state index in [9.17, 15) is 9.59 Å². The van der Waals surface area contributed by atoms with Crippen LogP contribution in [0.3, 0.4) is 0 Å². The smallest absolute Gasteiger partial charge is 0.220 e. The summed E-state index contributed by atoms with van der Waals surface area (Å²) in [7, 11) is 0. The van der Waals surface area contributed by atoms with Crippen molar-refractivity contribution in [3.63, 3.8) is 0 Å².